The van der Waals surface area contributed by atoms with Gasteiger partial charge in [-0.1, -0.05) is 0 Å². The molecule has 17 heavy (non-hydrogen) atoms. The van der Waals surface area contributed by atoms with Crippen LogP contribution in [0, 0.1) is 11.3 Å². The molecule has 7 heteroatoms. The minimum Gasteiger partial charge on any atom is -0.497 e. The first-order chi connectivity index (χ1) is 7.89. The fourth-order valence-corrected chi connectivity index (χ4v) is 1.00. The predicted molar refractivity (Wildman–Crippen MR) is 50.9 cm³/mol. The Morgan fingerprint density at radius 3 is 2.47 bits per heavy atom. The third-order valence-corrected chi connectivity index (χ3v) is 1.74. The van der Waals surface area contributed by atoms with E-state index in [4.69, 9.17) is 15.1 Å². The van der Waals surface area contributed by atoms with Gasteiger partial charge in [-0.15, -0.1) is 0 Å². The van der Waals surface area contributed by atoms with E-state index < -0.39 is 17.8 Å². The molecule has 0 saturated carbocycles. The molecule has 1 rings (SSSR count). The van der Waals surface area contributed by atoms with Gasteiger partial charge in [-0.2, -0.15) is 14.0 Å². The molecule has 0 heterocycles. The van der Waals surface area contributed by atoms with Crippen LogP contribution in [0.3, 0.4) is 0 Å². The quantitative estimate of drug-likeness (QED) is 0.869. The van der Waals surface area contributed by atoms with Crippen molar-refractivity contribution in [1.82, 2.24) is 0 Å². The highest BCUT2D eigenvalue weighted by Crippen LogP contribution is 2.27. The maximum absolute atomic E-state index is 12.8. The van der Waals surface area contributed by atoms with E-state index in [1.54, 1.807) is 6.07 Å². The molecule has 0 unspecified atom stereocenters. The zero-order chi connectivity index (χ0) is 13.1. The zero-order valence-electron chi connectivity index (χ0n) is 8.61. The average Bonchev–Trinajstić information content (AvgIpc) is 2.27. The van der Waals surface area contributed by atoms with Crippen molar-refractivity contribution in [2.24, 2.45) is 0 Å². The second kappa shape index (κ2) is 4.65. The number of hydrogen-bond acceptors (Lipinski definition) is 4. The highest BCUT2D eigenvalue weighted by Gasteiger charge is 2.42. The standard InChI is InChI=1S/C10H7F2NO4/c1-16-7-2-6(5-13)3-8(4-7)17-10(11,12)9(14)15/h2-4H,1H3,(H,14,15). The zero-order valence-corrected chi connectivity index (χ0v) is 8.61. The summed E-state index contributed by atoms with van der Waals surface area (Å²) in [5.41, 5.74) is 0.0144. The molecule has 1 N–H and O–H groups in total. The van der Waals surface area contributed by atoms with Gasteiger partial charge >= 0.3 is 12.1 Å². The van der Waals surface area contributed by atoms with E-state index in [0.29, 0.717) is 0 Å². The summed E-state index contributed by atoms with van der Waals surface area (Å²) in [4.78, 5) is 10.2. The van der Waals surface area contributed by atoms with E-state index in [2.05, 4.69) is 4.74 Å². The third kappa shape index (κ3) is 3.04. The minimum atomic E-state index is -4.36. The molecular weight excluding hydrogens is 236 g/mol. The van der Waals surface area contributed by atoms with Gasteiger partial charge < -0.3 is 14.6 Å². The van der Waals surface area contributed by atoms with Crippen molar-refractivity contribution in [3.8, 4) is 17.6 Å². The van der Waals surface area contributed by atoms with Crippen LogP contribution < -0.4 is 9.47 Å². The van der Waals surface area contributed by atoms with Crippen molar-refractivity contribution in [3.63, 3.8) is 0 Å². The first kappa shape index (κ1) is 12.7. The van der Waals surface area contributed by atoms with Gasteiger partial charge in [-0.25, -0.2) is 4.79 Å². The number of hydrogen-bond donors (Lipinski definition) is 1. The summed E-state index contributed by atoms with van der Waals surface area (Å²) in [6.07, 6.45) is -4.36. The second-order valence-corrected chi connectivity index (χ2v) is 2.93. The molecule has 0 aliphatic rings. The predicted octanol–water partition coefficient (Wildman–Crippen LogP) is 1.62. The monoisotopic (exact) mass is 243 g/mol. The summed E-state index contributed by atoms with van der Waals surface area (Å²) >= 11 is 0. The second-order valence-electron chi connectivity index (χ2n) is 2.93. The molecule has 1 aromatic carbocycles. The van der Waals surface area contributed by atoms with Crippen LogP contribution in [0.2, 0.25) is 0 Å². The van der Waals surface area contributed by atoms with Crippen LogP contribution in [0.5, 0.6) is 11.5 Å². The van der Waals surface area contributed by atoms with Crippen molar-refractivity contribution in [3.05, 3.63) is 23.8 Å². The highest BCUT2D eigenvalue weighted by molar-refractivity contribution is 5.74. The lowest BCUT2D eigenvalue weighted by Gasteiger charge is -2.14. The van der Waals surface area contributed by atoms with Gasteiger partial charge in [0, 0.05) is 6.07 Å². The molecule has 0 atom stereocenters. The smallest absolute Gasteiger partial charge is 0.497 e. The Bertz CT molecular complexity index is 482. The van der Waals surface area contributed by atoms with Gasteiger partial charge in [-0.05, 0) is 12.1 Å². The molecule has 0 aromatic heterocycles. The van der Waals surface area contributed by atoms with E-state index >= 15 is 0 Å². The van der Waals surface area contributed by atoms with Gasteiger partial charge in [-0.3, -0.25) is 0 Å². The van der Waals surface area contributed by atoms with E-state index in [1.165, 1.54) is 13.2 Å². The molecule has 0 radical (unpaired) electrons. The van der Waals surface area contributed by atoms with Crippen molar-refractivity contribution in [2.75, 3.05) is 7.11 Å². The number of alkyl halides is 2. The van der Waals surface area contributed by atoms with E-state index in [1.807, 2.05) is 0 Å². The molecule has 0 aliphatic carbocycles. The van der Waals surface area contributed by atoms with Gasteiger partial charge in [0.2, 0.25) is 0 Å². The summed E-state index contributed by atoms with van der Waals surface area (Å²) < 4.78 is 34.2. The Morgan fingerprint density at radius 1 is 1.41 bits per heavy atom. The normalized spacial score (nSPS) is 10.5. The van der Waals surface area contributed by atoms with Crippen LogP contribution in [-0.4, -0.2) is 24.3 Å². The largest absolute Gasteiger partial charge is 0.501 e. The number of halogens is 2. The lowest BCUT2D eigenvalue weighted by molar-refractivity contribution is -0.210. The molecule has 0 aliphatic heterocycles. The number of aliphatic carboxylic acids is 1. The van der Waals surface area contributed by atoms with Crippen LogP contribution in [0.1, 0.15) is 5.56 Å². The number of ether oxygens (including phenoxy) is 2. The van der Waals surface area contributed by atoms with E-state index in [-0.39, 0.29) is 11.3 Å². The lowest BCUT2D eigenvalue weighted by Crippen LogP contribution is -2.34. The van der Waals surface area contributed by atoms with Crippen molar-refractivity contribution >= 4 is 5.97 Å². The Labute approximate surface area is 94.8 Å². The van der Waals surface area contributed by atoms with Crippen LogP contribution in [-0.2, 0) is 4.79 Å². The van der Waals surface area contributed by atoms with E-state index in [9.17, 15) is 13.6 Å². The van der Waals surface area contributed by atoms with Gasteiger partial charge in [0.25, 0.3) is 0 Å². The van der Waals surface area contributed by atoms with Gasteiger partial charge in [0.15, 0.2) is 0 Å². The molecule has 5 nitrogen and oxygen atoms in total. The van der Waals surface area contributed by atoms with Gasteiger partial charge in [0.1, 0.15) is 11.5 Å². The molecular formula is C10H7F2NO4. The van der Waals surface area contributed by atoms with Crippen LogP contribution in [0.15, 0.2) is 18.2 Å². The number of nitrogens with zero attached hydrogens (tertiary/aromatic N) is 1. The highest BCUT2D eigenvalue weighted by atomic mass is 19.3. The fraction of sp³-hybridized carbons (Fsp3) is 0.200. The number of carbonyl (C=O) groups is 1. The maximum Gasteiger partial charge on any atom is 0.501 e. The molecule has 0 bridgehead atoms. The first-order valence-corrected chi connectivity index (χ1v) is 4.28. The van der Waals surface area contributed by atoms with Crippen LogP contribution >= 0.6 is 0 Å². The Kier molecular flexibility index (Phi) is 3.48. The third-order valence-electron chi connectivity index (χ3n) is 1.74. The number of carboxylic acids is 1. The SMILES string of the molecule is COc1cc(C#N)cc(OC(F)(F)C(=O)O)c1. The van der Waals surface area contributed by atoms with Crippen molar-refractivity contribution < 1.29 is 28.2 Å². The fourth-order valence-electron chi connectivity index (χ4n) is 1.00. The topological polar surface area (TPSA) is 79.5 Å². The van der Waals surface area contributed by atoms with Crippen molar-refractivity contribution in [2.45, 2.75) is 6.11 Å². The molecule has 1 aromatic rings. The van der Waals surface area contributed by atoms with Crippen LogP contribution in [0.25, 0.3) is 0 Å². The number of rotatable bonds is 4. The summed E-state index contributed by atoms with van der Waals surface area (Å²) in [5.74, 6) is -2.77. The number of methoxy groups -OCH3 is 1. The molecule has 0 spiro atoms. The Hall–Kier alpha value is -2.36. The average molecular weight is 243 g/mol. The first-order valence-electron chi connectivity index (χ1n) is 4.28. The van der Waals surface area contributed by atoms with Crippen molar-refractivity contribution in [1.29, 1.82) is 5.26 Å². The summed E-state index contributed by atoms with van der Waals surface area (Å²) in [6, 6.07) is 5.04. The summed E-state index contributed by atoms with van der Waals surface area (Å²) in [5, 5.41) is 16.8. The molecule has 90 valence electrons. The maximum atomic E-state index is 12.8. The Balaban J connectivity index is 3.07. The molecule has 0 fully saturated rings. The number of benzene rings is 1. The minimum absolute atomic E-state index is 0.0144. The molecule has 0 amide bonds. The number of carboxylic acid groups (broad SMARTS) is 1. The number of nitriles is 1. The van der Waals surface area contributed by atoms with Gasteiger partial charge in [0.05, 0.1) is 18.7 Å². The summed E-state index contributed by atoms with van der Waals surface area (Å²) in [6.45, 7) is 0. The molecule has 0 saturated heterocycles. The summed E-state index contributed by atoms with van der Waals surface area (Å²) in [7, 11) is 1.27. The van der Waals surface area contributed by atoms with E-state index in [0.717, 1.165) is 12.1 Å². The Morgan fingerprint density at radius 2 is 2.00 bits per heavy atom. The van der Waals surface area contributed by atoms with Crippen LogP contribution in [0.4, 0.5) is 8.78 Å². The lowest BCUT2D eigenvalue weighted by atomic mass is 10.2.